The van der Waals surface area contributed by atoms with Crippen LogP contribution in [0.2, 0.25) is 0 Å². The van der Waals surface area contributed by atoms with Crippen molar-refractivity contribution in [2.75, 3.05) is 0 Å². The molecule has 0 radical (unpaired) electrons. The molecule has 0 aliphatic heterocycles. The van der Waals surface area contributed by atoms with Crippen molar-refractivity contribution in [3.8, 4) is 0 Å². The van der Waals surface area contributed by atoms with Gasteiger partial charge in [0.15, 0.2) is 0 Å². The predicted molar refractivity (Wildman–Crippen MR) is 173 cm³/mol. The molecule has 0 aliphatic carbocycles. The normalized spacial score (nSPS) is 12.2. The molecule has 0 N–H and O–H groups in total. The van der Waals surface area contributed by atoms with Crippen molar-refractivity contribution in [3.05, 3.63) is 71.8 Å². The highest BCUT2D eigenvalue weighted by Gasteiger charge is 2.21. The van der Waals surface area contributed by atoms with Gasteiger partial charge < -0.3 is 8.83 Å². The van der Waals surface area contributed by atoms with Crippen LogP contribution in [-0.4, -0.2) is 0 Å². The molecule has 0 amide bonds. The summed E-state index contributed by atoms with van der Waals surface area (Å²) in [7, 11) is 0. The summed E-state index contributed by atoms with van der Waals surface area (Å²) < 4.78 is 13.2. The number of aryl methyl sites for hydroxylation is 2. The third-order valence-corrected chi connectivity index (χ3v) is 8.84. The molecule has 0 aliphatic rings. The lowest BCUT2D eigenvalue weighted by Crippen LogP contribution is -1.92. The van der Waals surface area contributed by atoms with E-state index >= 15 is 0 Å². The zero-order chi connectivity index (χ0) is 27.3. The van der Waals surface area contributed by atoms with Crippen LogP contribution in [0.4, 0.5) is 0 Å². The number of hydrogen-bond acceptors (Lipinski definition) is 2. The number of rotatable bonds is 14. The van der Waals surface area contributed by atoms with Gasteiger partial charge in [-0.2, -0.15) is 0 Å². The van der Waals surface area contributed by atoms with Crippen LogP contribution in [0.3, 0.4) is 0 Å². The Morgan fingerprint density at radius 2 is 0.850 bits per heavy atom. The van der Waals surface area contributed by atoms with E-state index in [0.29, 0.717) is 0 Å². The lowest BCUT2D eigenvalue weighted by molar-refractivity contribution is 0.603. The predicted octanol–water partition coefficient (Wildman–Crippen LogP) is 12.4. The van der Waals surface area contributed by atoms with Crippen LogP contribution >= 0.6 is 0 Å². The van der Waals surface area contributed by atoms with Crippen LogP contribution < -0.4 is 0 Å². The molecule has 0 spiro atoms. The van der Waals surface area contributed by atoms with Crippen LogP contribution in [0.25, 0.3) is 54.6 Å². The van der Waals surface area contributed by atoms with Crippen LogP contribution in [0.15, 0.2) is 69.5 Å². The number of hydrogen-bond donors (Lipinski definition) is 0. The Labute approximate surface area is 238 Å². The molecular weight excluding hydrogens is 488 g/mol. The van der Waals surface area contributed by atoms with Crippen molar-refractivity contribution < 1.29 is 8.83 Å². The number of furan rings is 2. The standard InChI is InChI=1S/C38H44O2/c1-3-5-7-9-11-13-19-27-25-31-32(35-29-21-15-17-23-33(29)39-37(27)35)26-28(20-14-12-10-8-6-4-2)38-36(31)30-22-16-18-24-34(30)40-38/h15-18,21-26H,3-14,19-20H2,1-2H3. The van der Waals surface area contributed by atoms with E-state index in [1.165, 1.54) is 120 Å². The van der Waals surface area contributed by atoms with E-state index in [1.807, 2.05) is 0 Å². The average Bonchev–Trinajstić information content (AvgIpc) is 3.57. The number of para-hydroxylation sites is 2. The van der Waals surface area contributed by atoms with Gasteiger partial charge >= 0.3 is 0 Å². The van der Waals surface area contributed by atoms with Crippen molar-refractivity contribution in [2.45, 2.75) is 104 Å². The Hall–Kier alpha value is -3.26. The van der Waals surface area contributed by atoms with Gasteiger partial charge in [0.05, 0.1) is 0 Å². The fourth-order valence-electron chi connectivity index (χ4n) is 6.69. The van der Waals surface area contributed by atoms with E-state index in [4.69, 9.17) is 8.83 Å². The largest absolute Gasteiger partial charge is 0.456 e. The minimum atomic E-state index is 0.990. The molecule has 2 heterocycles. The van der Waals surface area contributed by atoms with Gasteiger partial charge in [0, 0.05) is 21.5 Å². The van der Waals surface area contributed by atoms with Gasteiger partial charge in [-0.1, -0.05) is 114 Å². The minimum Gasteiger partial charge on any atom is -0.456 e. The topological polar surface area (TPSA) is 26.3 Å². The average molecular weight is 533 g/mol. The second-order valence-electron chi connectivity index (χ2n) is 11.8. The van der Waals surface area contributed by atoms with Gasteiger partial charge in [0.25, 0.3) is 0 Å². The molecule has 0 saturated carbocycles. The number of fused-ring (bicyclic) bond motifs is 9. The van der Waals surface area contributed by atoms with Gasteiger partial charge in [-0.25, -0.2) is 0 Å². The number of benzene rings is 4. The summed E-state index contributed by atoms with van der Waals surface area (Å²) in [4.78, 5) is 0. The first-order chi connectivity index (χ1) is 19.8. The first-order valence-electron chi connectivity index (χ1n) is 16.0. The summed E-state index contributed by atoms with van der Waals surface area (Å²) in [6.07, 6.45) is 17.7. The summed E-state index contributed by atoms with van der Waals surface area (Å²) in [6, 6.07) is 22.1. The molecule has 2 heteroatoms. The molecule has 0 saturated heterocycles. The fraction of sp³-hybridized carbons (Fsp3) is 0.421. The van der Waals surface area contributed by atoms with E-state index in [0.717, 1.165) is 35.2 Å². The summed E-state index contributed by atoms with van der Waals surface area (Å²) in [5, 5.41) is 7.64. The Bertz CT molecular complexity index is 1600. The summed E-state index contributed by atoms with van der Waals surface area (Å²) in [6.45, 7) is 4.57. The highest BCUT2D eigenvalue weighted by molar-refractivity contribution is 6.28. The van der Waals surface area contributed by atoms with E-state index in [2.05, 4.69) is 74.5 Å². The first kappa shape index (κ1) is 26.9. The van der Waals surface area contributed by atoms with Crippen LogP contribution in [-0.2, 0) is 12.8 Å². The highest BCUT2D eigenvalue weighted by atomic mass is 16.3. The summed E-state index contributed by atoms with van der Waals surface area (Å²) in [5.41, 5.74) is 6.82. The van der Waals surface area contributed by atoms with E-state index in [-0.39, 0.29) is 0 Å². The fourth-order valence-corrected chi connectivity index (χ4v) is 6.69. The molecule has 208 valence electrons. The number of unbranched alkanes of at least 4 members (excludes halogenated alkanes) is 10. The van der Waals surface area contributed by atoms with Gasteiger partial charge in [0.1, 0.15) is 22.3 Å². The molecule has 0 fully saturated rings. The molecule has 4 aromatic carbocycles. The van der Waals surface area contributed by atoms with E-state index in [1.54, 1.807) is 0 Å². The summed E-state index contributed by atoms with van der Waals surface area (Å²) in [5.74, 6) is 0. The molecule has 6 aromatic rings. The van der Waals surface area contributed by atoms with Gasteiger partial charge in [-0.15, -0.1) is 0 Å². The zero-order valence-corrected chi connectivity index (χ0v) is 24.5. The van der Waals surface area contributed by atoms with Crippen LogP contribution in [0.5, 0.6) is 0 Å². The van der Waals surface area contributed by atoms with Gasteiger partial charge in [0.2, 0.25) is 0 Å². The van der Waals surface area contributed by atoms with Gasteiger partial charge in [-0.3, -0.25) is 0 Å². The second kappa shape index (κ2) is 12.5. The SMILES string of the molecule is CCCCCCCCc1cc2c(cc(CCCCCCCC)c3oc4ccccc4c32)c2c1oc1ccccc12. The quantitative estimate of drug-likeness (QED) is 0.130. The zero-order valence-electron chi connectivity index (χ0n) is 24.5. The lowest BCUT2D eigenvalue weighted by atomic mass is 9.91. The monoisotopic (exact) mass is 532 g/mol. The van der Waals surface area contributed by atoms with Crippen molar-refractivity contribution in [3.63, 3.8) is 0 Å². The lowest BCUT2D eigenvalue weighted by Gasteiger charge is -2.11. The third-order valence-electron chi connectivity index (χ3n) is 8.84. The van der Waals surface area contributed by atoms with E-state index < -0.39 is 0 Å². The van der Waals surface area contributed by atoms with E-state index in [9.17, 15) is 0 Å². The van der Waals surface area contributed by atoms with Crippen molar-refractivity contribution >= 4 is 54.6 Å². The van der Waals surface area contributed by atoms with Crippen molar-refractivity contribution in [1.29, 1.82) is 0 Å². The summed E-state index contributed by atoms with van der Waals surface area (Å²) >= 11 is 0. The molecule has 2 aromatic heterocycles. The Morgan fingerprint density at radius 1 is 0.450 bits per heavy atom. The van der Waals surface area contributed by atoms with Gasteiger partial charge in [-0.05, 0) is 71.8 Å². The minimum absolute atomic E-state index is 0.990. The molecule has 2 nitrogen and oxygen atoms in total. The highest BCUT2D eigenvalue weighted by Crippen LogP contribution is 2.44. The Morgan fingerprint density at radius 3 is 1.30 bits per heavy atom. The van der Waals surface area contributed by atoms with Crippen LogP contribution in [0, 0.1) is 0 Å². The maximum atomic E-state index is 6.62. The Kier molecular flexibility index (Phi) is 8.42. The smallest absolute Gasteiger partial charge is 0.139 e. The van der Waals surface area contributed by atoms with Crippen molar-refractivity contribution in [1.82, 2.24) is 0 Å². The maximum Gasteiger partial charge on any atom is 0.139 e. The molecule has 6 rings (SSSR count). The molecular formula is C38H44O2. The molecule has 40 heavy (non-hydrogen) atoms. The van der Waals surface area contributed by atoms with Crippen molar-refractivity contribution in [2.24, 2.45) is 0 Å². The molecule has 0 bridgehead atoms. The first-order valence-corrected chi connectivity index (χ1v) is 16.0. The molecule has 0 atom stereocenters. The third kappa shape index (κ3) is 5.26. The Balaban J connectivity index is 1.50. The molecule has 0 unspecified atom stereocenters. The maximum absolute atomic E-state index is 6.62. The second-order valence-corrected chi connectivity index (χ2v) is 11.8. The van der Waals surface area contributed by atoms with Crippen LogP contribution in [0.1, 0.15) is 102 Å².